The van der Waals surface area contributed by atoms with Crippen LogP contribution in [0.2, 0.25) is 0 Å². The van der Waals surface area contributed by atoms with Gasteiger partial charge in [-0.25, -0.2) is 0 Å². The van der Waals surface area contributed by atoms with Gasteiger partial charge in [-0.15, -0.1) is 13.2 Å². The zero-order chi connectivity index (χ0) is 22.0. The fourth-order valence-corrected chi connectivity index (χ4v) is 3.90. The summed E-state index contributed by atoms with van der Waals surface area (Å²) in [5, 5.41) is 0. The van der Waals surface area contributed by atoms with Crippen molar-refractivity contribution in [3.8, 4) is 11.5 Å². The number of alkyl halides is 3. The van der Waals surface area contributed by atoms with E-state index in [2.05, 4.69) is 4.74 Å². The second kappa shape index (κ2) is 8.49. The number of fused-ring (bicyclic) bond motifs is 1. The van der Waals surface area contributed by atoms with Crippen LogP contribution in [0.15, 0.2) is 42.5 Å². The van der Waals surface area contributed by atoms with Crippen LogP contribution in [0.25, 0.3) is 0 Å². The number of anilines is 2. The highest BCUT2D eigenvalue weighted by Gasteiger charge is 2.32. The number of nitrogens with zero attached hydrogens (tertiary/aromatic N) is 2. The van der Waals surface area contributed by atoms with E-state index in [-0.39, 0.29) is 24.2 Å². The lowest BCUT2D eigenvalue weighted by molar-refractivity contribution is -0.274. The Hall–Kier alpha value is -3.23. The Labute approximate surface area is 177 Å². The largest absolute Gasteiger partial charge is 0.573 e. The Morgan fingerprint density at radius 3 is 2.35 bits per heavy atom. The zero-order valence-electron chi connectivity index (χ0n) is 16.7. The summed E-state index contributed by atoms with van der Waals surface area (Å²) >= 11 is 0. The Balaban J connectivity index is 1.39. The molecule has 0 aromatic heterocycles. The van der Waals surface area contributed by atoms with Crippen LogP contribution >= 0.6 is 0 Å². The summed E-state index contributed by atoms with van der Waals surface area (Å²) < 4.78 is 46.9. The van der Waals surface area contributed by atoms with E-state index < -0.39 is 6.36 Å². The fraction of sp³-hybridized carbons (Fsp3) is 0.364. The summed E-state index contributed by atoms with van der Waals surface area (Å²) in [6.45, 7) is 0.953. The van der Waals surface area contributed by atoms with Crippen LogP contribution in [0.4, 0.5) is 24.5 Å². The number of carbonyl (C=O) groups excluding carboxylic acids is 2. The number of amides is 2. The summed E-state index contributed by atoms with van der Waals surface area (Å²) in [4.78, 5) is 27.8. The van der Waals surface area contributed by atoms with Gasteiger partial charge >= 0.3 is 6.36 Å². The van der Waals surface area contributed by atoms with Crippen molar-refractivity contribution in [3.63, 3.8) is 0 Å². The minimum absolute atomic E-state index is 0.0939. The van der Waals surface area contributed by atoms with Gasteiger partial charge in [0.25, 0.3) is 5.91 Å². The van der Waals surface area contributed by atoms with E-state index in [1.807, 2.05) is 0 Å². The molecule has 2 aliphatic heterocycles. The molecule has 0 bridgehead atoms. The predicted molar refractivity (Wildman–Crippen MR) is 107 cm³/mol. The molecule has 0 atom stereocenters. The maximum atomic E-state index is 12.7. The number of aryl methyl sites for hydroxylation is 1. The molecule has 0 radical (unpaired) electrons. The van der Waals surface area contributed by atoms with E-state index in [0.717, 1.165) is 12.1 Å². The molecule has 9 heteroatoms. The normalized spacial score (nSPS) is 16.3. The maximum absolute atomic E-state index is 12.7. The van der Waals surface area contributed by atoms with E-state index in [9.17, 15) is 22.8 Å². The number of ether oxygens (including phenoxy) is 2. The number of carbonyl (C=O) groups is 2. The van der Waals surface area contributed by atoms with Gasteiger partial charge in [-0.3, -0.25) is 9.59 Å². The van der Waals surface area contributed by atoms with Crippen LogP contribution < -0.4 is 19.3 Å². The maximum Gasteiger partial charge on any atom is 0.573 e. The van der Waals surface area contributed by atoms with Crippen molar-refractivity contribution >= 4 is 23.2 Å². The molecule has 2 aromatic rings. The lowest BCUT2D eigenvalue weighted by Gasteiger charge is -2.30. The first-order valence-electron chi connectivity index (χ1n) is 10.0. The third-order valence-electron chi connectivity index (χ3n) is 5.29. The van der Waals surface area contributed by atoms with Crippen LogP contribution in [0, 0.1) is 0 Å². The average Bonchev–Trinajstić information content (AvgIpc) is 3.16. The number of hydrogen-bond acceptors (Lipinski definition) is 4. The second-order valence-corrected chi connectivity index (χ2v) is 7.42. The Kier molecular flexibility index (Phi) is 5.75. The molecule has 2 heterocycles. The average molecular weight is 434 g/mol. The van der Waals surface area contributed by atoms with Gasteiger partial charge in [0, 0.05) is 30.9 Å². The van der Waals surface area contributed by atoms with Crippen molar-refractivity contribution < 1.29 is 32.2 Å². The fourth-order valence-electron chi connectivity index (χ4n) is 3.90. The minimum Gasteiger partial charge on any atom is -0.484 e. The first-order valence-corrected chi connectivity index (χ1v) is 10.0. The molecular weight excluding hydrogens is 413 g/mol. The number of hydrogen-bond donors (Lipinski definition) is 0. The van der Waals surface area contributed by atoms with Gasteiger partial charge < -0.3 is 19.3 Å². The van der Waals surface area contributed by atoms with Crippen molar-refractivity contribution in [2.24, 2.45) is 0 Å². The van der Waals surface area contributed by atoms with Crippen LogP contribution in [0.3, 0.4) is 0 Å². The minimum atomic E-state index is -4.76. The van der Waals surface area contributed by atoms with Crippen LogP contribution in [0.5, 0.6) is 11.5 Å². The van der Waals surface area contributed by atoms with Crippen molar-refractivity contribution in [1.29, 1.82) is 0 Å². The molecular formula is C22H21F3N2O4. The van der Waals surface area contributed by atoms with Crippen molar-refractivity contribution in [2.75, 3.05) is 29.5 Å². The van der Waals surface area contributed by atoms with Crippen molar-refractivity contribution in [2.45, 2.75) is 32.0 Å². The molecule has 164 valence electrons. The van der Waals surface area contributed by atoms with E-state index in [1.54, 1.807) is 29.2 Å². The first kappa shape index (κ1) is 21.0. The second-order valence-electron chi connectivity index (χ2n) is 7.42. The quantitative estimate of drug-likeness (QED) is 0.712. The smallest absolute Gasteiger partial charge is 0.484 e. The van der Waals surface area contributed by atoms with Gasteiger partial charge in [0.1, 0.15) is 11.5 Å². The van der Waals surface area contributed by atoms with Crippen molar-refractivity contribution in [1.82, 2.24) is 0 Å². The molecule has 1 saturated heterocycles. The van der Waals surface area contributed by atoms with Gasteiger partial charge in [-0.2, -0.15) is 0 Å². The molecule has 0 saturated carbocycles. The molecule has 31 heavy (non-hydrogen) atoms. The molecule has 2 aliphatic rings. The molecule has 0 aliphatic carbocycles. The third kappa shape index (κ3) is 4.92. The van der Waals surface area contributed by atoms with E-state index >= 15 is 0 Å². The highest BCUT2D eigenvalue weighted by molar-refractivity contribution is 5.96. The Morgan fingerprint density at radius 2 is 1.68 bits per heavy atom. The highest BCUT2D eigenvalue weighted by Crippen LogP contribution is 2.33. The summed E-state index contributed by atoms with van der Waals surface area (Å²) in [7, 11) is 0. The van der Waals surface area contributed by atoms with Crippen LogP contribution in [0.1, 0.15) is 24.8 Å². The molecule has 1 fully saturated rings. The molecule has 0 N–H and O–H groups in total. The summed E-state index contributed by atoms with van der Waals surface area (Å²) in [6, 6.07) is 11.0. The van der Waals surface area contributed by atoms with Gasteiger partial charge in [0.15, 0.2) is 6.61 Å². The van der Waals surface area contributed by atoms with Crippen LogP contribution in [-0.4, -0.2) is 37.9 Å². The number of rotatable bonds is 5. The van der Waals surface area contributed by atoms with Gasteiger partial charge in [0.2, 0.25) is 5.91 Å². The highest BCUT2D eigenvalue weighted by atomic mass is 19.4. The lowest BCUT2D eigenvalue weighted by Crippen LogP contribution is -2.38. The predicted octanol–water partition coefficient (Wildman–Crippen LogP) is 4.07. The molecule has 6 nitrogen and oxygen atoms in total. The standard InChI is InChI=1S/C22H21F3N2O4/c23-22(24,25)31-18-9-10-19-15(13-18)3-1-12-27(19)21(29)14-30-17-7-5-16(6-8-17)26-11-2-4-20(26)28/h5-10,13H,1-4,11-12,14H2. The number of benzene rings is 2. The summed E-state index contributed by atoms with van der Waals surface area (Å²) in [5.41, 5.74) is 1.99. The third-order valence-corrected chi connectivity index (χ3v) is 5.29. The summed E-state index contributed by atoms with van der Waals surface area (Å²) in [6.07, 6.45) is -2.18. The van der Waals surface area contributed by atoms with Gasteiger partial charge in [-0.05, 0) is 67.3 Å². The van der Waals surface area contributed by atoms with Crippen molar-refractivity contribution in [3.05, 3.63) is 48.0 Å². The molecule has 2 aromatic carbocycles. The Morgan fingerprint density at radius 1 is 0.968 bits per heavy atom. The van der Waals surface area contributed by atoms with E-state index in [0.29, 0.717) is 49.4 Å². The zero-order valence-corrected chi connectivity index (χ0v) is 16.7. The number of halogens is 3. The van der Waals surface area contributed by atoms with E-state index in [1.165, 1.54) is 23.1 Å². The molecule has 2 amide bonds. The Bertz CT molecular complexity index is 976. The monoisotopic (exact) mass is 434 g/mol. The van der Waals surface area contributed by atoms with E-state index in [4.69, 9.17) is 4.74 Å². The SMILES string of the molecule is O=C1CCCN1c1ccc(OCC(=O)N2CCCc3cc(OC(F)(F)F)ccc32)cc1. The first-order chi connectivity index (χ1) is 14.8. The van der Waals surface area contributed by atoms with Gasteiger partial charge in [-0.1, -0.05) is 0 Å². The van der Waals surface area contributed by atoms with Crippen LogP contribution in [-0.2, 0) is 16.0 Å². The molecule has 4 rings (SSSR count). The molecule has 0 unspecified atom stereocenters. The van der Waals surface area contributed by atoms with Gasteiger partial charge in [0.05, 0.1) is 0 Å². The summed E-state index contributed by atoms with van der Waals surface area (Å²) in [5.74, 6) is 0.00362. The lowest BCUT2D eigenvalue weighted by atomic mass is 10.0. The molecule has 0 spiro atoms. The topological polar surface area (TPSA) is 59.1 Å².